The van der Waals surface area contributed by atoms with E-state index < -0.39 is 26.6 Å². The maximum Gasteiger partial charge on any atom is 0.600 e. The quantitative estimate of drug-likeness (QED) is 0.599. The largest absolute Gasteiger partial charge is 0.600 e. The van der Waals surface area contributed by atoms with Crippen molar-refractivity contribution in [1.29, 1.82) is 0 Å². The molecule has 0 aliphatic rings. The Kier molecular flexibility index (Phi) is 3.47. The molecule has 2 atom stereocenters. The summed E-state index contributed by atoms with van der Waals surface area (Å²) in [7, 11) is -6.20. The third kappa shape index (κ3) is 1.87. The molecule has 2 unspecified atom stereocenters. The first-order chi connectivity index (χ1) is 5.14. The first kappa shape index (κ1) is 12.1. The Morgan fingerprint density at radius 3 is 1.25 bits per heavy atom. The van der Waals surface area contributed by atoms with Crippen LogP contribution in [0, 0.1) is 5.41 Å². The van der Waals surface area contributed by atoms with Crippen molar-refractivity contribution in [3.05, 3.63) is 0 Å². The van der Waals surface area contributed by atoms with Crippen molar-refractivity contribution in [2.45, 2.75) is 25.9 Å². The lowest BCUT2D eigenvalue weighted by Gasteiger charge is -2.17. The van der Waals surface area contributed by atoms with E-state index in [0.29, 0.717) is 0 Å². The third-order valence-electron chi connectivity index (χ3n) is 1.54. The van der Waals surface area contributed by atoms with Crippen LogP contribution in [0.2, 0.25) is 0 Å². The smallest absolute Gasteiger partial charge is 0.304 e. The number of hydrogen-bond donors (Lipinski definition) is 3. The number of hydrogen-bond acceptors (Lipinski definition) is 3. The molecule has 0 aliphatic heterocycles. The molecular formula is C5H12O5P2+2. The van der Waals surface area contributed by atoms with Crippen molar-refractivity contribution in [3.63, 3.8) is 0 Å². The summed E-state index contributed by atoms with van der Waals surface area (Å²) < 4.78 is 21.3. The summed E-state index contributed by atoms with van der Waals surface area (Å²) in [6.07, 6.45) is 0. The van der Waals surface area contributed by atoms with E-state index in [0.717, 1.165) is 0 Å². The second kappa shape index (κ2) is 3.44. The van der Waals surface area contributed by atoms with Gasteiger partial charge in [0, 0.05) is 0 Å². The molecule has 5 nitrogen and oxygen atoms in total. The molecule has 7 heteroatoms. The minimum Gasteiger partial charge on any atom is -0.304 e. The topological polar surface area (TPSA) is 94.8 Å². The molecule has 0 aromatic carbocycles. The van der Waals surface area contributed by atoms with Crippen molar-refractivity contribution in [2.24, 2.45) is 5.41 Å². The van der Waals surface area contributed by atoms with Crippen molar-refractivity contribution in [3.8, 4) is 0 Å². The van der Waals surface area contributed by atoms with Crippen LogP contribution in [0.1, 0.15) is 20.8 Å². The average Bonchev–Trinajstić information content (AvgIpc) is 1.82. The summed E-state index contributed by atoms with van der Waals surface area (Å²) in [5.74, 6) is 0. The van der Waals surface area contributed by atoms with Gasteiger partial charge in [0.2, 0.25) is 0 Å². The predicted octanol–water partition coefficient (Wildman–Crippen LogP) is 1.15. The van der Waals surface area contributed by atoms with Crippen LogP contribution in [0.4, 0.5) is 0 Å². The van der Waals surface area contributed by atoms with Crippen LogP contribution in [0.25, 0.3) is 0 Å². The van der Waals surface area contributed by atoms with E-state index in [1.807, 2.05) is 0 Å². The van der Waals surface area contributed by atoms with Crippen molar-refractivity contribution < 1.29 is 24.0 Å². The SMILES string of the molecule is CC(C)(C)C(O)([P+](=O)O)[P+](=O)O. The molecule has 0 fully saturated rings. The van der Waals surface area contributed by atoms with Crippen LogP contribution in [0.3, 0.4) is 0 Å². The lowest BCUT2D eigenvalue weighted by atomic mass is 9.98. The van der Waals surface area contributed by atoms with Gasteiger partial charge in [0.1, 0.15) is 0 Å². The highest BCUT2D eigenvalue weighted by atomic mass is 31.2. The number of rotatable bonds is 2. The van der Waals surface area contributed by atoms with Gasteiger partial charge in [0.05, 0.1) is 5.41 Å². The molecule has 0 bridgehead atoms. The lowest BCUT2D eigenvalue weighted by molar-refractivity contribution is 0.0766. The second-order valence-electron chi connectivity index (χ2n) is 3.43. The van der Waals surface area contributed by atoms with Gasteiger partial charge >= 0.3 is 21.1 Å². The molecule has 0 saturated carbocycles. The molecular weight excluding hydrogens is 202 g/mol. The Morgan fingerprint density at radius 2 is 1.25 bits per heavy atom. The van der Waals surface area contributed by atoms with Gasteiger partial charge in [0.25, 0.3) is 0 Å². The Bertz CT molecular complexity index is 204. The molecule has 0 aromatic rings. The van der Waals surface area contributed by atoms with Crippen molar-refractivity contribution >= 4 is 16.1 Å². The summed E-state index contributed by atoms with van der Waals surface area (Å²) in [5.41, 5.74) is -1.11. The fraction of sp³-hybridized carbons (Fsp3) is 1.00. The van der Waals surface area contributed by atoms with E-state index in [9.17, 15) is 14.2 Å². The maximum atomic E-state index is 10.7. The zero-order valence-electron chi connectivity index (χ0n) is 7.05. The minimum atomic E-state index is -3.10. The first-order valence-corrected chi connectivity index (χ1v) is 5.61. The van der Waals surface area contributed by atoms with Crippen LogP contribution < -0.4 is 0 Å². The molecule has 0 heterocycles. The molecule has 0 amide bonds. The normalized spacial score (nSPS) is 19.8. The molecule has 0 rings (SSSR count). The summed E-state index contributed by atoms with van der Waals surface area (Å²) >= 11 is 0. The van der Waals surface area contributed by atoms with Gasteiger partial charge < -0.3 is 5.11 Å². The lowest BCUT2D eigenvalue weighted by Crippen LogP contribution is -2.35. The standard InChI is InChI=1S/C5H10O5P2/c1-4(2,3)5(6,11(7)8)12(9)10/h6H,1-3H3/p+2. The van der Waals surface area contributed by atoms with Gasteiger partial charge in [-0.2, -0.15) is 9.79 Å². The van der Waals surface area contributed by atoms with E-state index >= 15 is 0 Å². The first-order valence-electron chi connectivity index (χ1n) is 3.19. The second-order valence-corrected chi connectivity index (χ2v) is 6.17. The molecule has 3 N–H and O–H groups in total. The molecule has 12 heavy (non-hydrogen) atoms. The van der Waals surface area contributed by atoms with Crippen LogP contribution in [-0.4, -0.2) is 20.0 Å². The van der Waals surface area contributed by atoms with Gasteiger partial charge in [-0.1, -0.05) is 0 Å². The zero-order chi connectivity index (χ0) is 10.2. The molecule has 0 aromatic heterocycles. The Labute approximate surface area is 72.2 Å². The maximum absolute atomic E-state index is 10.7. The van der Waals surface area contributed by atoms with E-state index in [-0.39, 0.29) is 0 Å². The fourth-order valence-corrected chi connectivity index (χ4v) is 2.38. The van der Waals surface area contributed by atoms with Crippen molar-refractivity contribution in [2.75, 3.05) is 0 Å². The van der Waals surface area contributed by atoms with Gasteiger partial charge in [0.15, 0.2) is 0 Å². The molecule has 0 saturated heterocycles. The summed E-state index contributed by atoms with van der Waals surface area (Å²) in [6.45, 7) is 4.25. The predicted molar refractivity (Wildman–Crippen MR) is 44.1 cm³/mol. The highest BCUT2D eigenvalue weighted by Gasteiger charge is 2.74. The average molecular weight is 214 g/mol. The van der Waals surface area contributed by atoms with Gasteiger partial charge in [-0.25, -0.2) is 0 Å². The van der Waals surface area contributed by atoms with Gasteiger partial charge in [-0.15, -0.1) is 0 Å². The van der Waals surface area contributed by atoms with Gasteiger partial charge in [-0.05, 0) is 29.9 Å². The molecule has 0 spiro atoms. The van der Waals surface area contributed by atoms with Crippen LogP contribution in [0.15, 0.2) is 0 Å². The van der Waals surface area contributed by atoms with E-state index in [1.54, 1.807) is 0 Å². The highest BCUT2D eigenvalue weighted by molar-refractivity contribution is 7.59. The molecule has 0 radical (unpaired) electrons. The number of aliphatic hydroxyl groups is 1. The third-order valence-corrected chi connectivity index (χ3v) is 4.97. The summed E-state index contributed by atoms with van der Waals surface area (Å²) in [6, 6.07) is 0. The fourth-order valence-electron chi connectivity index (χ4n) is 0.647. The Hall–Kier alpha value is 0.0800. The minimum absolute atomic E-state index is 1.11. The Morgan fingerprint density at radius 1 is 1.00 bits per heavy atom. The van der Waals surface area contributed by atoms with E-state index in [1.165, 1.54) is 20.8 Å². The highest BCUT2D eigenvalue weighted by Crippen LogP contribution is 2.58. The zero-order valence-corrected chi connectivity index (χ0v) is 8.84. The summed E-state index contributed by atoms with van der Waals surface area (Å²) in [4.78, 5) is 17.4. The van der Waals surface area contributed by atoms with Crippen LogP contribution in [0.5, 0.6) is 0 Å². The van der Waals surface area contributed by atoms with Crippen LogP contribution in [-0.2, 0) is 9.13 Å². The van der Waals surface area contributed by atoms with Crippen LogP contribution >= 0.6 is 16.1 Å². The molecule has 0 aliphatic carbocycles. The van der Waals surface area contributed by atoms with E-state index in [2.05, 4.69) is 0 Å². The summed E-state index contributed by atoms with van der Waals surface area (Å²) in [5, 5.41) is 7.00. The van der Waals surface area contributed by atoms with Crippen molar-refractivity contribution in [1.82, 2.24) is 0 Å². The monoisotopic (exact) mass is 214 g/mol. The van der Waals surface area contributed by atoms with Gasteiger partial charge in [-0.3, -0.25) is 0 Å². The van der Waals surface area contributed by atoms with E-state index in [4.69, 9.17) is 9.79 Å². The Balaban J connectivity index is 5.17. The molecule has 70 valence electrons.